The number of halogens is 2. The van der Waals surface area contributed by atoms with Crippen LogP contribution in [0.5, 0.6) is 0 Å². The maximum absolute atomic E-state index is 5.92. The van der Waals surface area contributed by atoms with Gasteiger partial charge in [0.2, 0.25) is 0 Å². The van der Waals surface area contributed by atoms with Gasteiger partial charge < -0.3 is 10.6 Å². The molecule has 1 saturated heterocycles. The first-order valence-electron chi connectivity index (χ1n) is 5.73. The third-order valence-electron chi connectivity index (χ3n) is 2.85. The molecule has 1 atom stereocenters. The summed E-state index contributed by atoms with van der Waals surface area (Å²) in [6.45, 7) is 3.98. The Bertz CT molecular complexity index is 329. The van der Waals surface area contributed by atoms with Crippen LogP contribution < -0.4 is 10.6 Å². The minimum absolute atomic E-state index is 0. The average molecular weight is 277 g/mol. The van der Waals surface area contributed by atoms with Crippen molar-refractivity contribution in [2.75, 3.05) is 19.6 Å². The number of nitrogens with one attached hydrogen (secondary N) is 2. The molecule has 6 heteroatoms. The van der Waals surface area contributed by atoms with E-state index in [-0.39, 0.29) is 12.4 Å². The van der Waals surface area contributed by atoms with Crippen LogP contribution >= 0.6 is 24.0 Å². The van der Waals surface area contributed by atoms with Crippen molar-refractivity contribution in [1.82, 2.24) is 20.6 Å². The second kappa shape index (κ2) is 7.82. The first kappa shape index (κ1) is 14.6. The van der Waals surface area contributed by atoms with Gasteiger partial charge in [-0.2, -0.15) is 0 Å². The molecule has 17 heavy (non-hydrogen) atoms. The van der Waals surface area contributed by atoms with Gasteiger partial charge in [-0.3, -0.25) is 4.98 Å². The minimum Gasteiger partial charge on any atom is -0.316 e. The van der Waals surface area contributed by atoms with E-state index in [1.807, 2.05) is 0 Å². The molecule has 0 aliphatic carbocycles. The lowest BCUT2D eigenvalue weighted by Crippen LogP contribution is -2.35. The van der Waals surface area contributed by atoms with E-state index in [2.05, 4.69) is 20.6 Å². The summed E-state index contributed by atoms with van der Waals surface area (Å²) in [5, 5.41) is 7.28. The Morgan fingerprint density at radius 3 is 2.94 bits per heavy atom. The highest BCUT2D eigenvalue weighted by Gasteiger charge is 2.12. The number of nitrogens with zero attached hydrogens (tertiary/aromatic N) is 2. The third-order valence-corrected chi connectivity index (χ3v) is 3.16. The van der Waals surface area contributed by atoms with Crippen LogP contribution in [-0.2, 0) is 6.54 Å². The summed E-state index contributed by atoms with van der Waals surface area (Å²) in [7, 11) is 0. The lowest BCUT2D eigenvalue weighted by Gasteiger charge is -2.22. The van der Waals surface area contributed by atoms with Gasteiger partial charge in [0.05, 0.1) is 5.69 Å². The van der Waals surface area contributed by atoms with Gasteiger partial charge in [-0.15, -0.1) is 12.4 Å². The van der Waals surface area contributed by atoms with Crippen LogP contribution in [0.25, 0.3) is 0 Å². The molecule has 0 radical (unpaired) electrons. The Morgan fingerprint density at radius 1 is 1.41 bits per heavy atom. The van der Waals surface area contributed by atoms with Gasteiger partial charge in [0, 0.05) is 18.9 Å². The van der Waals surface area contributed by atoms with Crippen molar-refractivity contribution >= 4 is 24.0 Å². The van der Waals surface area contributed by atoms with Crippen molar-refractivity contribution in [3.63, 3.8) is 0 Å². The zero-order valence-electron chi connectivity index (χ0n) is 9.66. The molecule has 0 amide bonds. The summed E-state index contributed by atoms with van der Waals surface area (Å²) in [6, 6.07) is 0. The molecule has 2 heterocycles. The quantitative estimate of drug-likeness (QED) is 0.878. The normalized spacial score (nSPS) is 19.7. The number of hydrogen-bond acceptors (Lipinski definition) is 4. The van der Waals surface area contributed by atoms with Crippen LogP contribution in [0.2, 0.25) is 5.15 Å². The van der Waals surface area contributed by atoms with E-state index in [0.29, 0.717) is 11.7 Å². The minimum atomic E-state index is 0. The summed E-state index contributed by atoms with van der Waals surface area (Å²) in [5.41, 5.74) is 0.827. The predicted molar refractivity (Wildman–Crippen MR) is 71.6 cm³/mol. The zero-order chi connectivity index (χ0) is 11.2. The highest BCUT2D eigenvalue weighted by atomic mass is 35.5. The van der Waals surface area contributed by atoms with Crippen LogP contribution in [-0.4, -0.2) is 29.6 Å². The van der Waals surface area contributed by atoms with E-state index in [0.717, 1.165) is 31.2 Å². The summed E-state index contributed by atoms with van der Waals surface area (Å²) in [6.07, 6.45) is 5.86. The summed E-state index contributed by atoms with van der Waals surface area (Å²) in [5.74, 6) is 0.726. The molecule has 96 valence electrons. The SMILES string of the molecule is Cl.Clc1nccnc1CNCC1CCCNC1. The molecular formula is C11H18Cl2N4. The lowest BCUT2D eigenvalue weighted by molar-refractivity contribution is 0.359. The number of rotatable bonds is 4. The monoisotopic (exact) mass is 276 g/mol. The van der Waals surface area contributed by atoms with Crippen LogP contribution in [0.3, 0.4) is 0 Å². The van der Waals surface area contributed by atoms with Gasteiger partial charge in [-0.05, 0) is 38.4 Å². The Kier molecular flexibility index (Phi) is 6.73. The number of hydrogen-bond donors (Lipinski definition) is 2. The summed E-state index contributed by atoms with van der Waals surface area (Å²) in [4.78, 5) is 8.18. The fourth-order valence-electron chi connectivity index (χ4n) is 1.96. The van der Waals surface area contributed by atoms with Crippen molar-refractivity contribution in [1.29, 1.82) is 0 Å². The van der Waals surface area contributed by atoms with Crippen LogP contribution in [0.1, 0.15) is 18.5 Å². The van der Waals surface area contributed by atoms with E-state index in [9.17, 15) is 0 Å². The molecule has 0 bridgehead atoms. The Labute approximate surface area is 113 Å². The molecule has 1 aromatic heterocycles. The molecule has 4 nitrogen and oxygen atoms in total. The molecular weight excluding hydrogens is 259 g/mol. The average Bonchev–Trinajstić information content (AvgIpc) is 2.33. The zero-order valence-corrected chi connectivity index (χ0v) is 11.2. The molecule has 0 saturated carbocycles. The number of piperidine rings is 1. The van der Waals surface area contributed by atoms with Crippen molar-refractivity contribution in [2.45, 2.75) is 19.4 Å². The fraction of sp³-hybridized carbons (Fsp3) is 0.636. The molecule has 0 aromatic carbocycles. The van der Waals surface area contributed by atoms with Crippen molar-refractivity contribution < 1.29 is 0 Å². The van der Waals surface area contributed by atoms with Crippen LogP contribution in [0.4, 0.5) is 0 Å². The standard InChI is InChI=1S/C11H17ClN4.ClH/c12-11-10(15-4-5-16-11)8-14-7-9-2-1-3-13-6-9;/h4-5,9,13-14H,1-3,6-8H2;1H. The molecule has 1 unspecified atom stereocenters. The van der Waals surface area contributed by atoms with E-state index >= 15 is 0 Å². The van der Waals surface area contributed by atoms with E-state index in [1.165, 1.54) is 12.8 Å². The second-order valence-corrected chi connectivity index (χ2v) is 4.50. The predicted octanol–water partition coefficient (Wildman–Crippen LogP) is 1.64. The van der Waals surface area contributed by atoms with Crippen molar-refractivity contribution in [3.05, 3.63) is 23.2 Å². The van der Waals surface area contributed by atoms with Gasteiger partial charge in [0.1, 0.15) is 0 Å². The molecule has 2 N–H and O–H groups in total. The molecule has 2 rings (SSSR count). The van der Waals surface area contributed by atoms with Crippen molar-refractivity contribution in [2.24, 2.45) is 5.92 Å². The maximum atomic E-state index is 5.92. The van der Waals surface area contributed by atoms with Gasteiger partial charge >= 0.3 is 0 Å². The Hall–Kier alpha value is -0.420. The topological polar surface area (TPSA) is 49.8 Å². The molecule has 1 aliphatic rings. The smallest absolute Gasteiger partial charge is 0.151 e. The Balaban J connectivity index is 0.00000144. The van der Waals surface area contributed by atoms with E-state index < -0.39 is 0 Å². The highest BCUT2D eigenvalue weighted by molar-refractivity contribution is 6.29. The fourth-order valence-corrected chi connectivity index (χ4v) is 2.13. The van der Waals surface area contributed by atoms with Crippen LogP contribution in [0.15, 0.2) is 12.4 Å². The first-order chi connectivity index (χ1) is 7.86. The largest absolute Gasteiger partial charge is 0.316 e. The van der Waals surface area contributed by atoms with Crippen molar-refractivity contribution in [3.8, 4) is 0 Å². The summed E-state index contributed by atoms with van der Waals surface area (Å²) >= 11 is 5.92. The maximum Gasteiger partial charge on any atom is 0.151 e. The van der Waals surface area contributed by atoms with Gasteiger partial charge in [0.25, 0.3) is 0 Å². The van der Waals surface area contributed by atoms with Gasteiger partial charge in [-0.25, -0.2) is 4.98 Å². The lowest BCUT2D eigenvalue weighted by atomic mass is 10.00. The first-order valence-corrected chi connectivity index (χ1v) is 6.11. The number of aromatic nitrogens is 2. The third kappa shape index (κ3) is 4.76. The van der Waals surface area contributed by atoms with Crippen LogP contribution in [0, 0.1) is 5.92 Å². The second-order valence-electron chi connectivity index (χ2n) is 4.14. The summed E-state index contributed by atoms with van der Waals surface area (Å²) < 4.78 is 0. The Morgan fingerprint density at radius 2 is 2.24 bits per heavy atom. The van der Waals surface area contributed by atoms with E-state index in [4.69, 9.17) is 11.6 Å². The molecule has 1 aromatic rings. The van der Waals surface area contributed by atoms with Gasteiger partial charge in [-0.1, -0.05) is 11.6 Å². The van der Waals surface area contributed by atoms with E-state index in [1.54, 1.807) is 12.4 Å². The molecule has 1 aliphatic heterocycles. The molecule has 0 spiro atoms. The van der Waals surface area contributed by atoms with Gasteiger partial charge in [0.15, 0.2) is 5.15 Å². The molecule has 1 fully saturated rings. The highest BCUT2D eigenvalue weighted by Crippen LogP contribution is 2.10.